The molecular weight excluding hydrogens is 390 g/mol. The van der Waals surface area contributed by atoms with Crippen molar-refractivity contribution in [3.63, 3.8) is 0 Å². The van der Waals surface area contributed by atoms with E-state index in [0.29, 0.717) is 24.4 Å². The minimum atomic E-state index is -0.156. The van der Waals surface area contributed by atoms with Crippen LogP contribution < -0.4 is 4.74 Å². The zero-order chi connectivity index (χ0) is 22.2. The Bertz CT molecular complexity index is 780. The molecule has 0 aromatic heterocycles. The number of carbonyl (C=O) groups is 2. The summed E-state index contributed by atoms with van der Waals surface area (Å²) < 4.78 is 5.55. The van der Waals surface area contributed by atoms with E-state index in [1.165, 1.54) is 24.2 Å². The number of carbonyl (C=O) groups excluding carboxylic acids is 2. The highest BCUT2D eigenvalue weighted by Crippen LogP contribution is 2.33. The standard InChI is InChI=1S/C25H37N3O3/c1-4-6-7-8-9-10-15-28-24(29)22(20-11-13-21(14-12-20)31-5-2)23(25(28)30)27-18-16-26(3)17-19-27/h11-14H,4-10,15-19H2,1-3H3. The Labute approximate surface area is 186 Å². The van der Waals surface area contributed by atoms with Crippen LogP contribution in [-0.2, 0) is 9.59 Å². The first kappa shape index (κ1) is 23.3. The van der Waals surface area contributed by atoms with E-state index in [1.54, 1.807) is 0 Å². The molecule has 1 aromatic rings. The number of nitrogens with zero attached hydrogens (tertiary/aromatic N) is 3. The van der Waals surface area contributed by atoms with Gasteiger partial charge in [-0.3, -0.25) is 14.5 Å². The summed E-state index contributed by atoms with van der Waals surface area (Å²) >= 11 is 0. The number of imide groups is 1. The van der Waals surface area contributed by atoms with Gasteiger partial charge in [-0.15, -0.1) is 0 Å². The Morgan fingerprint density at radius 2 is 1.48 bits per heavy atom. The molecule has 31 heavy (non-hydrogen) atoms. The molecule has 0 unspecified atom stereocenters. The highest BCUT2D eigenvalue weighted by Gasteiger charge is 2.41. The predicted molar refractivity (Wildman–Crippen MR) is 124 cm³/mol. The maximum absolute atomic E-state index is 13.4. The number of likely N-dealkylation sites (N-methyl/N-ethyl adjacent to an activating group) is 1. The summed E-state index contributed by atoms with van der Waals surface area (Å²) in [5.74, 6) is 0.484. The summed E-state index contributed by atoms with van der Waals surface area (Å²) in [6.45, 7) is 8.54. The molecule has 0 spiro atoms. The molecule has 3 rings (SSSR count). The third-order valence-electron chi connectivity index (χ3n) is 6.15. The van der Waals surface area contributed by atoms with Crippen molar-refractivity contribution in [3.05, 3.63) is 35.5 Å². The van der Waals surface area contributed by atoms with Gasteiger partial charge in [-0.1, -0.05) is 51.2 Å². The molecule has 2 heterocycles. The van der Waals surface area contributed by atoms with E-state index < -0.39 is 0 Å². The van der Waals surface area contributed by atoms with Crippen LogP contribution in [0.4, 0.5) is 0 Å². The molecule has 1 aromatic carbocycles. The van der Waals surface area contributed by atoms with Crippen LogP contribution in [0.2, 0.25) is 0 Å². The van der Waals surface area contributed by atoms with Gasteiger partial charge in [0.05, 0.1) is 12.2 Å². The van der Waals surface area contributed by atoms with Crippen LogP contribution in [0.5, 0.6) is 5.75 Å². The fourth-order valence-electron chi connectivity index (χ4n) is 4.28. The van der Waals surface area contributed by atoms with E-state index in [-0.39, 0.29) is 11.8 Å². The molecular formula is C25H37N3O3. The van der Waals surface area contributed by atoms with Crippen molar-refractivity contribution >= 4 is 17.4 Å². The van der Waals surface area contributed by atoms with Gasteiger partial charge in [0.1, 0.15) is 11.4 Å². The topological polar surface area (TPSA) is 53.1 Å². The van der Waals surface area contributed by atoms with Gasteiger partial charge >= 0.3 is 0 Å². The molecule has 1 fully saturated rings. The molecule has 0 N–H and O–H groups in total. The van der Waals surface area contributed by atoms with E-state index >= 15 is 0 Å². The molecule has 1 saturated heterocycles. The number of rotatable bonds is 11. The third-order valence-corrected chi connectivity index (χ3v) is 6.15. The van der Waals surface area contributed by atoms with Crippen molar-refractivity contribution in [1.29, 1.82) is 0 Å². The molecule has 0 radical (unpaired) electrons. The fourth-order valence-corrected chi connectivity index (χ4v) is 4.28. The zero-order valence-corrected chi connectivity index (χ0v) is 19.4. The quantitative estimate of drug-likeness (QED) is 0.397. The zero-order valence-electron chi connectivity index (χ0n) is 19.4. The van der Waals surface area contributed by atoms with Crippen LogP contribution in [0, 0.1) is 0 Å². The lowest BCUT2D eigenvalue weighted by Gasteiger charge is -2.34. The summed E-state index contributed by atoms with van der Waals surface area (Å²) in [4.78, 5) is 32.6. The molecule has 0 saturated carbocycles. The molecule has 0 bridgehead atoms. The average molecular weight is 428 g/mol. The normalized spacial score (nSPS) is 17.8. The summed E-state index contributed by atoms with van der Waals surface area (Å²) in [5.41, 5.74) is 1.91. The average Bonchev–Trinajstić information content (AvgIpc) is 3.02. The molecule has 2 aliphatic rings. The smallest absolute Gasteiger partial charge is 0.277 e. The second-order valence-electron chi connectivity index (χ2n) is 8.50. The lowest BCUT2D eigenvalue weighted by molar-refractivity contribution is -0.137. The Hall–Kier alpha value is -2.34. The Morgan fingerprint density at radius 3 is 2.13 bits per heavy atom. The van der Waals surface area contributed by atoms with Crippen LogP contribution in [-0.4, -0.2) is 72.9 Å². The van der Waals surface area contributed by atoms with Gasteiger partial charge in [0, 0.05) is 32.7 Å². The van der Waals surface area contributed by atoms with Crippen LogP contribution in [0.15, 0.2) is 30.0 Å². The summed E-state index contributed by atoms with van der Waals surface area (Å²) in [5, 5.41) is 0. The first-order chi connectivity index (χ1) is 15.1. The minimum absolute atomic E-state index is 0.132. The fraction of sp³-hybridized carbons (Fsp3) is 0.600. The van der Waals surface area contributed by atoms with E-state index in [0.717, 1.165) is 56.8 Å². The number of unbranched alkanes of at least 4 members (excludes halogenated alkanes) is 5. The molecule has 2 amide bonds. The number of ether oxygens (including phenoxy) is 1. The number of piperazine rings is 1. The van der Waals surface area contributed by atoms with Crippen molar-refractivity contribution in [2.75, 3.05) is 46.4 Å². The third kappa shape index (κ3) is 5.67. The predicted octanol–water partition coefficient (Wildman–Crippen LogP) is 3.77. The van der Waals surface area contributed by atoms with Crippen LogP contribution >= 0.6 is 0 Å². The number of hydrogen-bond acceptors (Lipinski definition) is 5. The van der Waals surface area contributed by atoms with E-state index in [1.807, 2.05) is 31.2 Å². The summed E-state index contributed by atoms with van der Waals surface area (Å²) in [6, 6.07) is 7.55. The molecule has 6 nitrogen and oxygen atoms in total. The van der Waals surface area contributed by atoms with Gasteiger partial charge in [0.15, 0.2) is 0 Å². The van der Waals surface area contributed by atoms with Crippen molar-refractivity contribution in [2.24, 2.45) is 0 Å². The van der Waals surface area contributed by atoms with Crippen LogP contribution in [0.25, 0.3) is 5.57 Å². The Balaban J connectivity index is 1.79. The van der Waals surface area contributed by atoms with E-state index in [2.05, 4.69) is 23.8 Å². The maximum Gasteiger partial charge on any atom is 0.277 e. The van der Waals surface area contributed by atoms with Gasteiger partial charge in [0.25, 0.3) is 11.8 Å². The molecule has 0 aliphatic carbocycles. The molecule has 2 aliphatic heterocycles. The van der Waals surface area contributed by atoms with E-state index in [9.17, 15) is 9.59 Å². The Morgan fingerprint density at radius 1 is 0.839 bits per heavy atom. The monoisotopic (exact) mass is 427 g/mol. The van der Waals surface area contributed by atoms with E-state index in [4.69, 9.17) is 4.74 Å². The second kappa shape index (κ2) is 11.3. The molecule has 6 heteroatoms. The lowest BCUT2D eigenvalue weighted by atomic mass is 10.0. The second-order valence-corrected chi connectivity index (χ2v) is 8.50. The minimum Gasteiger partial charge on any atom is -0.494 e. The van der Waals surface area contributed by atoms with Gasteiger partial charge < -0.3 is 14.5 Å². The Kier molecular flexibility index (Phi) is 8.52. The molecule has 0 atom stereocenters. The van der Waals surface area contributed by atoms with Crippen molar-refractivity contribution in [3.8, 4) is 5.75 Å². The van der Waals surface area contributed by atoms with Gasteiger partial charge in [0.2, 0.25) is 0 Å². The highest BCUT2D eigenvalue weighted by molar-refractivity contribution is 6.35. The van der Waals surface area contributed by atoms with Crippen LogP contribution in [0.1, 0.15) is 57.9 Å². The van der Waals surface area contributed by atoms with Crippen molar-refractivity contribution in [2.45, 2.75) is 52.4 Å². The number of benzene rings is 1. The van der Waals surface area contributed by atoms with Crippen LogP contribution in [0.3, 0.4) is 0 Å². The largest absolute Gasteiger partial charge is 0.494 e. The SMILES string of the molecule is CCCCCCCCN1C(=O)C(c2ccc(OCC)cc2)=C(N2CCN(C)CC2)C1=O. The van der Waals surface area contributed by atoms with Gasteiger partial charge in [-0.2, -0.15) is 0 Å². The lowest BCUT2D eigenvalue weighted by Crippen LogP contribution is -2.46. The number of hydrogen-bond donors (Lipinski definition) is 0. The van der Waals surface area contributed by atoms with Crippen molar-refractivity contribution in [1.82, 2.24) is 14.7 Å². The summed E-state index contributed by atoms with van der Waals surface area (Å²) in [6.07, 6.45) is 6.77. The van der Waals surface area contributed by atoms with Gasteiger partial charge in [-0.05, 0) is 38.1 Å². The highest BCUT2D eigenvalue weighted by atomic mass is 16.5. The van der Waals surface area contributed by atoms with Crippen molar-refractivity contribution < 1.29 is 14.3 Å². The summed E-state index contributed by atoms with van der Waals surface area (Å²) in [7, 11) is 2.09. The number of amides is 2. The first-order valence-corrected chi connectivity index (χ1v) is 11.8. The maximum atomic E-state index is 13.4. The van der Waals surface area contributed by atoms with Gasteiger partial charge in [-0.25, -0.2) is 0 Å². The first-order valence-electron chi connectivity index (χ1n) is 11.8. The molecule has 170 valence electrons.